The molecule has 1 aromatic heterocycles. The van der Waals surface area contributed by atoms with E-state index < -0.39 is 5.41 Å². The van der Waals surface area contributed by atoms with Gasteiger partial charge in [0.1, 0.15) is 18.4 Å². The van der Waals surface area contributed by atoms with Crippen LogP contribution in [-0.2, 0) is 22.6 Å². The SMILES string of the molecule is COc1cccc(CCNC(=O)[C@@]23CN(C(=O)CCCn4cncn4)C[C@@H]2C(C)(C)C3)c1. The van der Waals surface area contributed by atoms with E-state index in [0.29, 0.717) is 39.0 Å². The number of likely N-dealkylation sites (tertiary alicyclic amines) is 1. The summed E-state index contributed by atoms with van der Waals surface area (Å²) in [5.74, 6) is 1.23. The molecule has 1 saturated carbocycles. The third-order valence-corrected chi connectivity index (χ3v) is 7.14. The Hall–Kier alpha value is -2.90. The van der Waals surface area contributed by atoms with Crippen molar-refractivity contribution in [2.45, 2.75) is 46.1 Å². The minimum Gasteiger partial charge on any atom is -0.497 e. The second-order valence-electron chi connectivity index (χ2n) is 9.77. The lowest BCUT2D eigenvalue weighted by molar-refractivity contribution is -0.152. The number of rotatable bonds is 9. The second-order valence-corrected chi connectivity index (χ2v) is 9.77. The lowest BCUT2D eigenvalue weighted by Gasteiger charge is -2.55. The second kappa shape index (κ2) is 8.92. The maximum atomic E-state index is 13.3. The topological polar surface area (TPSA) is 89.4 Å². The van der Waals surface area contributed by atoms with Crippen LogP contribution in [0.3, 0.4) is 0 Å². The minimum atomic E-state index is -0.459. The first kappa shape index (κ1) is 22.3. The van der Waals surface area contributed by atoms with Crippen molar-refractivity contribution in [3.8, 4) is 5.75 Å². The molecule has 1 aliphatic carbocycles. The van der Waals surface area contributed by atoms with Gasteiger partial charge in [0.25, 0.3) is 0 Å². The molecular formula is C24H33N5O3. The van der Waals surface area contributed by atoms with Crippen molar-refractivity contribution in [2.24, 2.45) is 16.7 Å². The van der Waals surface area contributed by atoms with Crippen LogP contribution in [-0.4, -0.2) is 58.2 Å². The Balaban J connectivity index is 1.32. The average molecular weight is 440 g/mol. The first-order valence-electron chi connectivity index (χ1n) is 11.4. The molecule has 1 N–H and O–H groups in total. The Morgan fingerprint density at radius 1 is 1.31 bits per heavy atom. The molecule has 2 amide bonds. The number of nitrogens with one attached hydrogen (secondary N) is 1. The van der Waals surface area contributed by atoms with Crippen molar-refractivity contribution in [3.63, 3.8) is 0 Å². The molecule has 8 nitrogen and oxygen atoms in total. The number of ether oxygens (including phenoxy) is 1. The predicted molar refractivity (Wildman–Crippen MR) is 120 cm³/mol. The van der Waals surface area contributed by atoms with Crippen LogP contribution < -0.4 is 10.1 Å². The summed E-state index contributed by atoms with van der Waals surface area (Å²) in [6.07, 6.45) is 5.90. The summed E-state index contributed by atoms with van der Waals surface area (Å²) in [5.41, 5.74) is 0.738. The summed E-state index contributed by atoms with van der Waals surface area (Å²) < 4.78 is 7.01. The first-order chi connectivity index (χ1) is 15.3. The number of benzene rings is 1. The molecule has 1 saturated heterocycles. The number of carbonyl (C=O) groups is 2. The van der Waals surface area contributed by atoms with Crippen LogP contribution >= 0.6 is 0 Å². The molecule has 1 aromatic carbocycles. The third kappa shape index (κ3) is 4.36. The van der Waals surface area contributed by atoms with Crippen molar-refractivity contribution in [1.29, 1.82) is 0 Å². The van der Waals surface area contributed by atoms with Crippen LogP contribution in [0, 0.1) is 16.7 Å². The summed E-state index contributed by atoms with van der Waals surface area (Å²) in [4.78, 5) is 32.0. The van der Waals surface area contributed by atoms with Crippen LogP contribution in [0.4, 0.5) is 0 Å². The summed E-state index contributed by atoms with van der Waals surface area (Å²) in [5, 5.41) is 7.23. The van der Waals surface area contributed by atoms with Crippen molar-refractivity contribution in [1.82, 2.24) is 25.0 Å². The van der Waals surface area contributed by atoms with Gasteiger partial charge in [-0.05, 0) is 48.3 Å². The highest BCUT2D eigenvalue weighted by Crippen LogP contribution is 2.62. The molecule has 0 spiro atoms. The molecule has 172 valence electrons. The van der Waals surface area contributed by atoms with Gasteiger partial charge < -0.3 is 15.0 Å². The lowest BCUT2D eigenvalue weighted by Crippen LogP contribution is -2.60. The fraction of sp³-hybridized carbons (Fsp3) is 0.583. The van der Waals surface area contributed by atoms with Gasteiger partial charge in [-0.3, -0.25) is 14.3 Å². The summed E-state index contributed by atoms with van der Waals surface area (Å²) in [6, 6.07) is 7.91. The Kier molecular flexibility index (Phi) is 6.22. The van der Waals surface area contributed by atoms with Gasteiger partial charge in [0.05, 0.1) is 12.5 Å². The van der Waals surface area contributed by atoms with Crippen LogP contribution in [0.1, 0.15) is 38.7 Å². The van der Waals surface area contributed by atoms with E-state index in [1.165, 1.54) is 6.33 Å². The molecule has 0 bridgehead atoms. The van der Waals surface area contributed by atoms with E-state index in [2.05, 4.69) is 29.2 Å². The van der Waals surface area contributed by atoms with Gasteiger partial charge in [0.2, 0.25) is 11.8 Å². The number of amides is 2. The third-order valence-electron chi connectivity index (χ3n) is 7.14. The largest absolute Gasteiger partial charge is 0.497 e. The fourth-order valence-corrected chi connectivity index (χ4v) is 5.61. The molecule has 0 radical (unpaired) electrons. The van der Waals surface area contributed by atoms with Gasteiger partial charge in [-0.25, -0.2) is 4.98 Å². The van der Waals surface area contributed by atoms with E-state index >= 15 is 0 Å². The van der Waals surface area contributed by atoms with E-state index in [0.717, 1.165) is 24.2 Å². The molecule has 1 aliphatic heterocycles. The maximum absolute atomic E-state index is 13.3. The van der Waals surface area contributed by atoms with E-state index in [1.807, 2.05) is 29.2 Å². The molecule has 2 fully saturated rings. The highest BCUT2D eigenvalue weighted by molar-refractivity contribution is 5.87. The number of methoxy groups -OCH3 is 1. The van der Waals surface area contributed by atoms with Crippen LogP contribution in [0.5, 0.6) is 5.75 Å². The number of carbonyl (C=O) groups excluding carboxylic acids is 2. The first-order valence-corrected chi connectivity index (χ1v) is 11.4. The number of aromatic nitrogens is 3. The highest BCUT2D eigenvalue weighted by atomic mass is 16.5. The molecule has 2 aromatic rings. The molecule has 0 unspecified atom stereocenters. The van der Waals surface area contributed by atoms with E-state index in [4.69, 9.17) is 4.74 Å². The fourth-order valence-electron chi connectivity index (χ4n) is 5.61. The Bertz CT molecular complexity index is 958. The zero-order valence-electron chi connectivity index (χ0n) is 19.2. The summed E-state index contributed by atoms with van der Waals surface area (Å²) in [6.45, 7) is 6.85. The molecule has 2 atom stereocenters. The van der Waals surface area contributed by atoms with Crippen molar-refractivity contribution in [2.75, 3.05) is 26.7 Å². The molecule has 2 heterocycles. The van der Waals surface area contributed by atoms with Crippen molar-refractivity contribution < 1.29 is 14.3 Å². The number of fused-ring (bicyclic) bond motifs is 1. The number of hydrogen-bond donors (Lipinski definition) is 1. The molecule has 8 heteroatoms. The Labute approximate surface area is 189 Å². The van der Waals surface area contributed by atoms with Crippen molar-refractivity contribution in [3.05, 3.63) is 42.5 Å². The Morgan fingerprint density at radius 2 is 2.16 bits per heavy atom. The summed E-state index contributed by atoms with van der Waals surface area (Å²) >= 11 is 0. The minimum absolute atomic E-state index is 0.0693. The molecule has 4 rings (SSSR count). The molecule has 2 aliphatic rings. The van der Waals surface area contributed by atoms with E-state index in [-0.39, 0.29) is 23.1 Å². The summed E-state index contributed by atoms with van der Waals surface area (Å²) in [7, 11) is 1.65. The predicted octanol–water partition coefficient (Wildman–Crippen LogP) is 2.30. The molecule has 32 heavy (non-hydrogen) atoms. The maximum Gasteiger partial charge on any atom is 0.228 e. The number of hydrogen-bond acceptors (Lipinski definition) is 5. The van der Waals surface area contributed by atoms with Crippen LogP contribution in [0.25, 0.3) is 0 Å². The number of aryl methyl sites for hydroxylation is 1. The van der Waals surface area contributed by atoms with Gasteiger partial charge in [-0.2, -0.15) is 5.10 Å². The van der Waals surface area contributed by atoms with Crippen molar-refractivity contribution >= 4 is 11.8 Å². The average Bonchev–Trinajstić information content (AvgIpc) is 3.40. The zero-order chi connectivity index (χ0) is 22.8. The smallest absolute Gasteiger partial charge is 0.228 e. The van der Waals surface area contributed by atoms with Gasteiger partial charge in [-0.1, -0.05) is 26.0 Å². The quantitative estimate of drug-likeness (QED) is 0.648. The normalized spacial score (nSPS) is 23.3. The zero-order valence-corrected chi connectivity index (χ0v) is 19.2. The molecular weight excluding hydrogens is 406 g/mol. The van der Waals surface area contributed by atoms with E-state index in [1.54, 1.807) is 18.1 Å². The Morgan fingerprint density at radius 3 is 2.88 bits per heavy atom. The van der Waals surface area contributed by atoms with Crippen LogP contribution in [0.2, 0.25) is 0 Å². The lowest BCUT2D eigenvalue weighted by atomic mass is 9.47. The van der Waals surface area contributed by atoms with Gasteiger partial charge in [0.15, 0.2) is 0 Å². The monoisotopic (exact) mass is 439 g/mol. The number of nitrogens with zero attached hydrogens (tertiary/aromatic N) is 4. The van der Waals surface area contributed by atoms with Crippen LogP contribution in [0.15, 0.2) is 36.9 Å². The van der Waals surface area contributed by atoms with Gasteiger partial charge >= 0.3 is 0 Å². The van der Waals surface area contributed by atoms with Gasteiger partial charge in [0, 0.05) is 32.6 Å². The highest BCUT2D eigenvalue weighted by Gasteiger charge is 2.66. The van der Waals surface area contributed by atoms with Gasteiger partial charge in [-0.15, -0.1) is 0 Å². The van der Waals surface area contributed by atoms with E-state index in [9.17, 15) is 9.59 Å². The standard InChI is InChI=1S/C24H33N5O3/c1-23(2)14-24(22(31)26-10-9-18-6-4-7-19(12-18)32-3)15-28(13-20(23)24)21(30)8-5-11-29-17-25-16-27-29/h4,6-7,12,16-17,20H,5,8-11,13-15H2,1-3H3,(H,26,31)/t20-,24+/m1/s1.